The summed E-state index contributed by atoms with van der Waals surface area (Å²) in [6, 6.07) is 33.0. The van der Waals surface area contributed by atoms with E-state index >= 15 is 0 Å². The largest absolute Gasteiger partial charge is 0.465 e. The van der Waals surface area contributed by atoms with E-state index < -0.39 is 16.8 Å². The van der Waals surface area contributed by atoms with Gasteiger partial charge in [0.2, 0.25) is 28.4 Å². The predicted octanol–water partition coefficient (Wildman–Crippen LogP) is 14.1. The molecule has 1 atom stereocenters. The molecule has 6 aliphatic rings. The fraction of sp³-hybridized carbons (Fsp3) is 0.356. The summed E-state index contributed by atoms with van der Waals surface area (Å²) in [4.78, 5) is 89.7. The molecule has 106 heavy (non-hydrogen) atoms. The van der Waals surface area contributed by atoms with Crippen LogP contribution in [0.4, 0.5) is 40.3 Å². The molecule has 4 radical (unpaired) electrons. The van der Waals surface area contributed by atoms with E-state index in [4.69, 9.17) is 67.5 Å². The van der Waals surface area contributed by atoms with Gasteiger partial charge in [0.05, 0.1) is 46.1 Å². The van der Waals surface area contributed by atoms with Gasteiger partial charge in [0.15, 0.2) is 0 Å². The molecule has 1 unspecified atom stereocenters. The molecular weight excluding hydrogens is 1490 g/mol. The van der Waals surface area contributed by atoms with Crippen molar-refractivity contribution in [2.45, 2.75) is 143 Å². The number of benzene rings is 4. The minimum Gasteiger partial charge on any atom is -0.465 e. The number of carbonyl (C=O) groups is 2. The second kappa shape index (κ2) is 41.5. The van der Waals surface area contributed by atoms with Gasteiger partial charge in [-0.2, -0.15) is 0 Å². The Balaban J connectivity index is 0.000000170. The zero-order chi connectivity index (χ0) is 77.2. The van der Waals surface area contributed by atoms with E-state index in [1.54, 1.807) is 19.1 Å². The SMILES string of the molecule is CCOC(=O)C1CCCC1=O.CN(C)c1ccccc1.Cc1nc(-n2c(N)nc3ccccc32)nc2c1CCC2.Cc1nc(Cl)nc2c1CCC2.Cc1nc(Nc2ccccc2N)nc2c1CCC2.Clc1nc(Cl)c2c(n1)CCC2.Nc1ccccc1N.O=P(Cl)(Cl)Cl.O=c1[nH]c2c(c(=O)[nH]1)CCC2.[B][B]. The van der Waals surface area contributed by atoms with Crippen LogP contribution in [0, 0.1) is 26.7 Å². The van der Waals surface area contributed by atoms with Crippen LogP contribution in [0.15, 0.2) is 113 Å². The Bertz CT molecular complexity index is 4710. The number of aryl methyl sites for hydroxylation is 8. The van der Waals surface area contributed by atoms with Crippen molar-refractivity contribution in [2.24, 2.45) is 5.92 Å². The summed E-state index contributed by atoms with van der Waals surface area (Å²) in [5.74, 6) is 0.970. The fourth-order valence-corrected chi connectivity index (χ4v) is 13.1. The number of Topliss-reactive ketones (excluding diaryl/α,β-unsaturated/α-hetero) is 1. The predicted molar refractivity (Wildman–Crippen MR) is 430 cm³/mol. The molecule has 16 rings (SSSR count). The molecule has 0 bridgehead atoms. The Kier molecular flexibility index (Phi) is 33.1. The van der Waals surface area contributed by atoms with E-state index in [0.717, 1.165) is 158 Å². The minimum atomic E-state index is -3.22. The molecule has 0 amide bonds. The molecule has 6 aliphatic carbocycles. The van der Waals surface area contributed by atoms with E-state index in [9.17, 15) is 23.7 Å². The number of rotatable bonds is 6. The number of nitrogens with zero attached hydrogens (tertiary/aromatic N) is 11. The van der Waals surface area contributed by atoms with Crippen LogP contribution in [0.5, 0.6) is 0 Å². The smallest absolute Gasteiger partial charge is 0.339 e. The molecule has 11 N–H and O–H groups in total. The number of para-hydroxylation sites is 7. The molecule has 556 valence electrons. The first-order chi connectivity index (χ1) is 50.6. The van der Waals surface area contributed by atoms with Gasteiger partial charge < -0.3 is 42.9 Å². The van der Waals surface area contributed by atoms with Crippen molar-refractivity contribution < 1.29 is 18.9 Å². The van der Waals surface area contributed by atoms with Gasteiger partial charge in [-0.1, -0.05) is 66.2 Å². The van der Waals surface area contributed by atoms with Crippen molar-refractivity contribution in [1.82, 2.24) is 59.4 Å². The summed E-state index contributed by atoms with van der Waals surface area (Å²) in [6.07, 6.45) is 17.7. The van der Waals surface area contributed by atoms with Gasteiger partial charge >= 0.3 is 16.9 Å². The lowest BCUT2D eigenvalue weighted by molar-refractivity contribution is -0.150. The van der Waals surface area contributed by atoms with E-state index in [0.29, 0.717) is 64.8 Å². The first-order valence-corrected chi connectivity index (χ1v) is 39.9. The number of nitrogens with two attached hydrogens (primary N) is 4. The first-order valence-electron chi connectivity index (χ1n) is 34.3. The number of fused-ring (bicyclic) bond motifs is 6. The number of ketones is 1. The average molecular weight is 1580 g/mol. The number of nitrogens with one attached hydrogen (secondary N) is 3. The Morgan fingerprint density at radius 2 is 1.05 bits per heavy atom. The van der Waals surface area contributed by atoms with Crippen LogP contribution in [0.3, 0.4) is 0 Å². The van der Waals surface area contributed by atoms with E-state index in [-0.39, 0.29) is 22.6 Å². The number of nitrogen functional groups attached to an aromatic ring is 4. The number of hydrogen-bond acceptors (Lipinski definition) is 21. The Labute approximate surface area is 648 Å². The quantitative estimate of drug-likeness (QED) is 0.0155. The number of hydrogen-bond donors (Lipinski definition) is 7. The second-order valence-corrected chi connectivity index (χ2v) is 32.5. The highest BCUT2D eigenvalue weighted by Gasteiger charge is 2.32. The van der Waals surface area contributed by atoms with Gasteiger partial charge in [0, 0.05) is 92.7 Å². The van der Waals surface area contributed by atoms with Crippen LogP contribution in [0.2, 0.25) is 15.7 Å². The zero-order valence-corrected chi connectivity index (χ0v) is 65.3. The lowest BCUT2D eigenvalue weighted by Crippen LogP contribution is -2.25. The fourth-order valence-electron chi connectivity index (χ4n) is 12.3. The monoisotopic (exact) mass is 1570 g/mol. The van der Waals surface area contributed by atoms with Crippen molar-refractivity contribution in [1.29, 1.82) is 0 Å². The standard InChI is InChI=1S/C15H15N5.C14H16N4.C8H9ClN2.C8H11N.C8H12O3.C7H6Cl2N2.C7H8N2O2.C6H8N2.B2.Cl3OP/c1-9-10-5-4-7-11(10)19-15(17-9)20-13-8-3-2-6-12(13)18-14(20)16;1-9-10-5-4-8-12(10)17-14(16-9)18-13-7-3-2-6-11(13)15;1-5-6-3-2-4-7(6)11-8(9)10-5;1-9(2)8-6-4-3-5-7-8;1-2-11-8(10)6-4-3-5-7(6)9;8-6-4-2-1-3-5(4)10-7(9)11-6;10-6-4-2-1-3-5(4)8-7(11)9-6;7-5-3-1-2-4-6(5)8;1-2;1-5(2,3)4/h2-3,6,8H,4-5,7H2,1H3,(H2,16,18);2-3,6-7H,4-5,8,15H2,1H3,(H,16,17,18);2-4H2,1H3;3-7H,1-2H3;6H,2-5H2,1H3;1-3H2;1-3H2,(H2,8,9,10,11);1-4H,7-8H2;;. The van der Waals surface area contributed by atoms with E-state index in [1.165, 1.54) is 40.9 Å². The van der Waals surface area contributed by atoms with Crippen LogP contribution in [0.25, 0.3) is 17.0 Å². The Morgan fingerprint density at radius 3 is 1.59 bits per heavy atom. The number of aromatic amines is 2. The van der Waals surface area contributed by atoms with Gasteiger partial charge in [-0.05, 0) is 259 Å². The summed E-state index contributed by atoms with van der Waals surface area (Å²) in [5, 5.41) is 1.15. The third-order valence-corrected chi connectivity index (χ3v) is 18.0. The lowest BCUT2D eigenvalue weighted by Gasteiger charge is -2.10. The molecule has 6 aromatic heterocycles. The van der Waals surface area contributed by atoms with Crippen LogP contribution in [-0.2, 0) is 83.1 Å². The number of anilines is 7. The maximum absolute atomic E-state index is 11.1. The number of imidazole rings is 1. The maximum atomic E-state index is 11.1. The highest BCUT2D eigenvalue weighted by Crippen LogP contribution is 2.61. The molecule has 0 aliphatic heterocycles. The number of halogens is 6. The third-order valence-electron chi connectivity index (χ3n) is 17.4. The van der Waals surface area contributed by atoms with Crippen molar-refractivity contribution >= 4 is 152 Å². The first kappa shape index (κ1) is 84.6. The zero-order valence-electron chi connectivity index (χ0n) is 59.9. The molecular formula is C73H85B2Cl6N18O6P. The number of ether oxygens (including phenoxy) is 1. The van der Waals surface area contributed by atoms with Crippen molar-refractivity contribution in [2.75, 3.05) is 53.9 Å². The van der Waals surface area contributed by atoms with Crippen molar-refractivity contribution in [3.8, 4) is 5.95 Å². The number of carbonyl (C=O) groups excluding carboxylic acids is 2. The Morgan fingerprint density at radius 1 is 0.566 bits per heavy atom. The molecule has 24 nitrogen and oxygen atoms in total. The van der Waals surface area contributed by atoms with Gasteiger partial charge in [0.25, 0.3) is 5.56 Å². The highest BCUT2D eigenvalue weighted by molar-refractivity contribution is 8.24. The molecule has 1 saturated carbocycles. The van der Waals surface area contributed by atoms with Crippen LogP contribution < -0.4 is 44.4 Å². The molecule has 6 heterocycles. The van der Waals surface area contributed by atoms with Gasteiger partial charge in [0.1, 0.15) is 16.9 Å². The average Bonchev–Trinajstić information content (AvgIpc) is 1.61. The topological polar surface area (TPSA) is 366 Å². The molecule has 1 fully saturated rings. The summed E-state index contributed by atoms with van der Waals surface area (Å²) in [6.45, 7) is 8.20. The number of H-pyrrole nitrogens is 2. The van der Waals surface area contributed by atoms with Crippen LogP contribution >= 0.6 is 73.7 Å². The van der Waals surface area contributed by atoms with Crippen LogP contribution in [0.1, 0.15) is 132 Å². The third kappa shape index (κ3) is 25.3. The molecule has 0 saturated heterocycles. The van der Waals surface area contributed by atoms with E-state index in [2.05, 4.69) is 121 Å². The van der Waals surface area contributed by atoms with Crippen molar-refractivity contribution in [3.63, 3.8) is 0 Å². The molecule has 10 aromatic rings. The number of esters is 1. The molecule has 0 spiro atoms. The second-order valence-electron chi connectivity index (χ2n) is 24.9. The number of aromatic nitrogens is 12. The summed E-state index contributed by atoms with van der Waals surface area (Å²) in [5.41, 5.74) is 42.3. The van der Waals surface area contributed by atoms with Gasteiger partial charge in [-0.3, -0.25) is 23.9 Å². The van der Waals surface area contributed by atoms with Gasteiger partial charge in [-0.15, -0.1) is 0 Å². The lowest BCUT2D eigenvalue weighted by atomic mass is 9.81. The summed E-state index contributed by atoms with van der Waals surface area (Å²) < 4.78 is 16.1. The van der Waals surface area contributed by atoms with E-state index in [1.807, 2.05) is 118 Å². The highest BCUT2D eigenvalue weighted by atomic mass is 36.0. The van der Waals surface area contributed by atoms with Crippen molar-refractivity contribution in [3.05, 3.63) is 213 Å². The summed E-state index contributed by atoms with van der Waals surface area (Å²) >= 11 is 31.0. The van der Waals surface area contributed by atoms with Crippen LogP contribution in [-0.4, -0.2) is 107 Å². The minimum absolute atomic E-state index is 0.0449. The summed E-state index contributed by atoms with van der Waals surface area (Å²) in [7, 11) is 12.1. The normalized spacial score (nSPS) is 14.1. The Hall–Kier alpha value is -8.61. The maximum Gasteiger partial charge on any atom is 0.339 e. The molecule has 4 aromatic carbocycles. The molecule has 33 heteroatoms. The van der Waals surface area contributed by atoms with Gasteiger partial charge in [-0.25, -0.2) is 54.2 Å².